The number of nitrogens with one attached hydrogen (secondary N) is 4. The minimum atomic E-state index is 0.0613. The molecule has 0 bridgehead atoms. The molecule has 4 N–H and O–H groups in total. The maximum absolute atomic E-state index is 4.05. The molecular weight excluding hydrogens is 118 g/mol. The van der Waals surface area contributed by atoms with E-state index >= 15 is 0 Å². The Morgan fingerprint density at radius 3 is 3.44 bits per heavy atom. The van der Waals surface area contributed by atoms with Gasteiger partial charge in [0.25, 0.3) is 0 Å². The largest absolute Gasteiger partial charge is 0.351 e. The van der Waals surface area contributed by atoms with Crippen LogP contribution in [-0.2, 0) is 0 Å². The summed E-state index contributed by atoms with van der Waals surface area (Å²) >= 11 is 0. The lowest BCUT2D eigenvalue weighted by Crippen LogP contribution is -2.32. The Morgan fingerprint density at radius 1 is 1.56 bits per heavy atom. The molecule has 2 aliphatic heterocycles. The first-order valence-electron chi connectivity index (χ1n) is 2.71. The zero-order valence-corrected chi connectivity index (χ0v) is 4.68. The fraction of sp³-hybridized carbons (Fsp3) is 0.250. The Kier molecular flexibility index (Phi) is 0.909. The second-order valence-electron chi connectivity index (χ2n) is 1.84. The molecule has 1 fully saturated rings. The van der Waals surface area contributed by atoms with E-state index < -0.39 is 0 Å². The van der Waals surface area contributed by atoms with Gasteiger partial charge in [-0.05, 0) is 0 Å². The monoisotopic (exact) mass is 125 g/mol. The summed E-state index contributed by atoms with van der Waals surface area (Å²) in [7, 11) is 0. The lowest BCUT2D eigenvalue weighted by molar-refractivity contribution is 0.553. The van der Waals surface area contributed by atoms with Crippen LogP contribution >= 0.6 is 0 Å². The standard InChI is InChI=1S/C4H7N5/c1-3-4(6-2-5-1)8-9-7-3/h1-2,4,7-9H,(H,5,6). The number of hydrogen-bond donors (Lipinski definition) is 4. The molecule has 1 atom stereocenters. The van der Waals surface area contributed by atoms with Crippen molar-refractivity contribution in [3.63, 3.8) is 0 Å². The molecule has 2 heterocycles. The van der Waals surface area contributed by atoms with Crippen LogP contribution in [0.15, 0.2) is 16.9 Å². The molecule has 2 aliphatic rings. The highest BCUT2D eigenvalue weighted by Crippen LogP contribution is 2.02. The number of rotatable bonds is 0. The van der Waals surface area contributed by atoms with Crippen LogP contribution in [0, 0.1) is 0 Å². The molecule has 0 aliphatic carbocycles. The second-order valence-corrected chi connectivity index (χ2v) is 1.84. The first-order valence-corrected chi connectivity index (χ1v) is 2.71. The van der Waals surface area contributed by atoms with Crippen LogP contribution in [0.2, 0.25) is 0 Å². The number of nitrogens with zero attached hydrogens (tertiary/aromatic N) is 1. The highest BCUT2D eigenvalue weighted by atomic mass is 15.7. The summed E-state index contributed by atoms with van der Waals surface area (Å²) in [6.45, 7) is 0. The van der Waals surface area contributed by atoms with Gasteiger partial charge in [-0.15, -0.1) is 0 Å². The van der Waals surface area contributed by atoms with Gasteiger partial charge in [0.15, 0.2) is 6.17 Å². The number of aliphatic imine (C=N–C) groups is 1. The Hall–Kier alpha value is -1.07. The molecule has 0 radical (unpaired) electrons. The van der Waals surface area contributed by atoms with Gasteiger partial charge in [0.2, 0.25) is 0 Å². The maximum Gasteiger partial charge on any atom is 0.158 e. The van der Waals surface area contributed by atoms with Crippen molar-refractivity contribution >= 4 is 6.34 Å². The van der Waals surface area contributed by atoms with Crippen LogP contribution in [-0.4, -0.2) is 12.5 Å². The van der Waals surface area contributed by atoms with E-state index in [1.165, 1.54) is 0 Å². The number of hydrogen-bond acceptors (Lipinski definition) is 5. The van der Waals surface area contributed by atoms with E-state index in [1.807, 2.05) is 6.20 Å². The molecule has 0 spiro atoms. The summed E-state index contributed by atoms with van der Waals surface area (Å²) in [4.78, 5) is 4.05. The van der Waals surface area contributed by atoms with Crippen molar-refractivity contribution in [2.24, 2.45) is 4.99 Å². The van der Waals surface area contributed by atoms with E-state index in [0.717, 1.165) is 5.70 Å². The Bertz CT molecular complexity index is 172. The topological polar surface area (TPSA) is 60.5 Å². The molecule has 0 amide bonds. The predicted octanol–water partition coefficient (Wildman–Crippen LogP) is -1.60. The molecule has 1 unspecified atom stereocenters. The number of fused-ring (bicyclic) bond motifs is 1. The molecule has 2 rings (SSSR count). The molecule has 1 saturated heterocycles. The first-order chi connectivity index (χ1) is 4.47. The molecule has 48 valence electrons. The van der Waals surface area contributed by atoms with Crippen molar-refractivity contribution in [1.82, 2.24) is 21.7 Å². The van der Waals surface area contributed by atoms with E-state index in [-0.39, 0.29) is 6.17 Å². The SMILES string of the molecule is C1=NC2NNNC2=CN1. The lowest BCUT2D eigenvalue weighted by Gasteiger charge is -2.07. The Balaban J connectivity index is 2.22. The molecule has 0 aromatic rings. The van der Waals surface area contributed by atoms with Gasteiger partial charge in [0.1, 0.15) is 0 Å². The lowest BCUT2D eigenvalue weighted by atomic mass is 10.4. The Labute approximate surface area is 52.2 Å². The summed E-state index contributed by atoms with van der Waals surface area (Å²) in [5.74, 6) is 0. The third kappa shape index (κ3) is 0.664. The third-order valence-electron chi connectivity index (χ3n) is 1.25. The van der Waals surface area contributed by atoms with E-state index in [2.05, 4.69) is 26.7 Å². The minimum absolute atomic E-state index is 0.0613. The zero-order chi connectivity index (χ0) is 6.10. The average molecular weight is 125 g/mol. The zero-order valence-electron chi connectivity index (χ0n) is 4.68. The third-order valence-corrected chi connectivity index (χ3v) is 1.25. The second kappa shape index (κ2) is 1.71. The minimum Gasteiger partial charge on any atom is -0.351 e. The van der Waals surface area contributed by atoms with Crippen LogP contribution in [0.4, 0.5) is 0 Å². The van der Waals surface area contributed by atoms with Crippen molar-refractivity contribution in [1.29, 1.82) is 0 Å². The van der Waals surface area contributed by atoms with Gasteiger partial charge in [-0.3, -0.25) is 0 Å². The van der Waals surface area contributed by atoms with Gasteiger partial charge >= 0.3 is 0 Å². The molecule has 0 aromatic carbocycles. The van der Waals surface area contributed by atoms with Gasteiger partial charge in [-0.1, -0.05) is 0 Å². The molecule has 9 heavy (non-hydrogen) atoms. The molecule has 5 heteroatoms. The fourth-order valence-corrected chi connectivity index (χ4v) is 0.800. The summed E-state index contributed by atoms with van der Waals surface area (Å²) in [5, 5.41) is 2.86. The summed E-state index contributed by atoms with van der Waals surface area (Å²) in [6, 6.07) is 0. The molecule has 0 saturated carbocycles. The van der Waals surface area contributed by atoms with E-state index in [4.69, 9.17) is 0 Å². The maximum atomic E-state index is 4.05. The molecule has 5 nitrogen and oxygen atoms in total. The van der Waals surface area contributed by atoms with Gasteiger partial charge in [0.05, 0.1) is 12.0 Å². The Morgan fingerprint density at radius 2 is 2.56 bits per heavy atom. The summed E-state index contributed by atoms with van der Waals surface area (Å²) in [5.41, 5.74) is 9.53. The van der Waals surface area contributed by atoms with Gasteiger partial charge in [0, 0.05) is 6.20 Å². The normalized spacial score (nSPS) is 30.2. The fourth-order valence-electron chi connectivity index (χ4n) is 0.800. The van der Waals surface area contributed by atoms with Crippen molar-refractivity contribution in [3.8, 4) is 0 Å². The molecular formula is C4H7N5. The number of hydrazine groups is 2. The van der Waals surface area contributed by atoms with Crippen molar-refractivity contribution in [2.75, 3.05) is 0 Å². The summed E-state index contributed by atoms with van der Waals surface area (Å²) in [6.07, 6.45) is 3.56. The highest BCUT2D eigenvalue weighted by molar-refractivity contribution is 5.58. The highest BCUT2D eigenvalue weighted by Gasteiger charge is 2.18. The van der Waals surface area contributed by atoms with Crippen LogP contribution in [0.25, 0.3) is 0 Å². The molecule has 0 aromatic heterocycles. The van der Waals surface area contributed by atoms with Crippen LogP contribution in [0.3, 0.4) is 0 Å². The van der Waals surface area contributed by atoms with Gasteiger partial charge < -0.3 is 10.7 Å². The van der Waals surface area contributed by atoms with Crippen molar-refractivity contribution in [3.05, 3.63) is 11.9 Å². The van der Waals surface area contributed by atoms with Crippen LogP contribution in [0.1, 0.15) is 0 Å². The van der Waals surface area contributed by atoms with Gasteiger partial charge in [-0.2, -0.15) is 5.53 Å². The van der Waals surface area contributed by atoms with Crippen LogP contribution < -0.4 is 21.7 Å². The van der Waals surface area contributed by atoms with Crippen molar-refractivity contribution in [2.45, 2.75) is 6.17 Å². The average Bonchev–Trinajstić information content (AvgIpc) is 2.33. The van der Waals surface area contributed by atoms with Crippen molar-refractivity contribution < 1.29 is 0 Å². The van der Waals surface area contributed by atoms with E-state index in [9.17, 15) is 0 Å². The van der Waals surface area contributed by atoms with E-state index in [1.54, 1.807) is 6.34 Å². The van der Waals surface area contributed by atoms with Crippen LogP contribution in [0.5, 0.6) is 0 Å². The summed E-state index contributed by atoms with van der Waals surface area (Å²) < 4.78 is 0. The van der Waals surface area contributed by atoms with E-state index in [0.29, 0.717) is 0 Å². The first kappa shape index (κ1) is 4.78. The van der Waals surface area contributed by atoms with Gasteiger partial charge in [-0.25, -0.2) is 10.4 Å². The smallest absolute Gasteiger partial charge is 0.158 e. The quantitative estimate of drug-likeness (QED) is 0.315. The predicted molar refractivity (Wildman–Crippen MR) is 32.9 cm³/mol.